The molecule has 5 heteroatoms. The fraction of sp³-hybridized carbons (Fsp3) is 0.533. The predicted octanol–water partition coefficient (Wildman–Crippen LogP) is 6.24. The van der Waals surface area contributed by atoms with Gasteiger partial charge in [-0.25, -0.2) is 0 Å². The molecule has 3 nitrogen and oxygen atoms in total. The summed E-state index contributed by atoms with van der Waals surface area (Å²) in [6.45, 7) is 18.5. The van der Waals surface area contributed by atoms with Crippen LogP contribution in [0, 0.1) is 11.8 Å². The highest BCUT2D eigenvalue weighted by Crippen LogP contribution is 2.53. The second kappa shape index (κ2) is 9.66. The lowest BCUT2D eigenvalue weighted by molar-refractivity contribution is 0.00578. The second-order valence-electron chi connectivity index (χ2n) is 12.5. The zero-order valence-electron chi connectivity index (χ0n) is 22.9. The Labute approximate surface area is 214 Å². The van der Waals surface area contributed by atoms with E-state index in [2.05, 4.69) is 128 Å². The Morgan fingerprint density at radius 3 is 1.89 bits per heavy atom. The summed E-state index contributed by atoms with van der Waals surface area (Å²) in [6, 6.07) is 21.8. The maximum Gasteiger partial charge on any atom is 0.461 e. The highest BCUT2D eigenvalue weighted by molar-refractivity contribution is 6.99. The summed E-state index contributed by atoms with van der Waals surface area (Å²) < 4.78 is 19.7. The molecule has 1 aliphatic carbocycles. The highest BCUT2D eigenvalue weighted by Gasteiger charge is 2.59. The van der Waals surface area contributed by atoms with Crippen molar-refractivity contribution in [3.05, 3.63) is 72.8 Å². The molecule has 0 unspecified atom stereocenters. The quantitative estimate of drug-likeness (QED) is 0.324. The molecule has 188 valence electrons. The van der Waals surface area contributed by atoms with Gasteiger partial charge in [0.05, 0.1) is 11.2 Å². The van der Waals surface area contributed by atoms with Gasteiger partial charge in [0.15, 0.2) is 0 Å². The Hall–Kier alpha value is -1.66. The molecule has 0 aromatic heterocycles. The molecule has 4 rings (SSSR count). The van der Waals surface area contributed by atoms with E-state index in [-0.39, 0.29) is 23.4 Å². The van der Waals surface area contributed by atoms with Crippen LogP contribution in [0.5, 0.6) is 0 Å². The van der Waals surface area contributed by atoms with Gasteiger partial charge >= 0.3 is 7.12 Å². The summed E-state index contributed by atoms with van der Waals surface area (Å²) in [5.41, 5.74) is -0.517. The number of allylic oxidation sites excluding steroid dienone is 1. The molecule has 0 radical (unpaired) electrons. The van der Waals surface area contributed by atoms with Crippen molar-refractivity contribution in [2.75, 3.05) is 6.61 Å². The minimum absolute atomic E-state index is 0.00249. The van der Waals surface area contributed by atoms with E-state index in [4.69, 9.17) is 13.7 Å². The summed E-state index contributed by atoms with van der Waals surface area (Å²) in [6.07, 6.45) is 5.85. The lowest BCUT2D eigenvalue weighted by atomic mass is 9.80. The number of hydrogen-bond donors (Lipinski definition) is 0. The van der Waals surface area contributed by atoms with E-state index < -0.39 is 8.32 Å². The van der Waals surface area contributed by atoms with E-state index in [1.807, 2.05) is 0 Å². The minimum atomic E-state index is -2.49. The molecular formula is C30H43BO3Si. The normalized spacial score (nSPS) is 24.6. The number of benzene rings is 2. The Kier molecular flexibility index (Phi) is 7.29. The number of hydrogen-bond acceptors (Lipinski definition) is 3. The number of rotatable bonds is 8. The second-order valence-corrected chi connectivity index (χ2v) is 16.8. The van der Waals surface area contributed by atoms with Gasteiger partial charge in [-0.1, -0.05) is 101 Å². The lowest BCUT2D eigenvalue weighted by Gasteiger charge is -2.43. The molecular weight excluding hydrogens is 447 g/mol. The van der Waals surface area contributed by atoms with Gasteiger partial charge in [-0.05, 0) is 61.4 Å². The summed E-state index contributed by atoms with van der Waals surface area (Å²) in [7, 11) is -2.59. The fourth-order valence-corrected chi connectivity index (χ4v) is 9.91. The van der Waals surface area contributed by atoms with E-state index in [0.29, 0.717) is 24.3 Å². The average Bonchev–Trinajstić information content (AvgIpc) is 3.53. The third-order valence-electron chi connectivity index (χ3n) is 8.18. The Bertz CT molecular complexity index is 957. The molecule has 0 spiro atoms. The van der Waals surface area contributed by atoms with Crippen LogP contribution >= 0.6 is 0 Å². The molecule has 0 N–H and O–H groups in total. The zero-order valence-corrected chi connectivity index (χ0v) is 23.9. The third-order valence-corrected chi connectivity index (χ3v) is 13.2. The summed E-state index contributed by atoms with van der Waals surface area (Å²) in [5.74, 6) is 1.31. The van der Waals surface area contributed by atoms with Crippen molar-refractivity contribution in [2.45, 2.75) is 83.9 Å². The maximum absolute atomic E-state index is 7.10. The van der Waals surface area contributed by atoms with Crippen LogP contribution in [0.4, 0.5) is 0 Å². The Morgan fingerprint density at radius 1 is 0.943 bits per heavy atom. The topological polar surface area (TPSA) is 27.7 Å². The van der Waals surface area contributed by atoms with Gasteiger partial charge in [0.1, 0.15) is 0 Å². The first kappa shape index (κ1) is 26.4. The predicted molar refractivity (Wildman–Crippen MR) is 150 cm³/mol. The molecule has 1 heterocycles. The first-order valence-electron chi connectivity index (χ1n) is 13.2. The van der Waals surface area contributed by atoms with Crippen LogP contribution in [0.1, 0.15) is 61.8 Å². The maximum atomic E-state index is 7.10. The van der Waals surface area contributed by atoms with Crippen LogP contribution in [0.2, 0.25) is 10.9 Å². The smallest absolute Gasteiger partial charge is 0.407 e. The SMILES string of the molecule is C[C@H](/C=C/[C@H]1C[C@@H]1B1OC(C)(C)C(C)(C)O1)CO[Si](c1ccccc1)(c1ccccc1)C(C)(C)C. The molecule has 0 amide bonds. The van der Waals surface area contributed by atoms with Crippen molar-refractivity contribution in [2.24, 2.45) is 11.8 Å². The zero-order chi connectivity index (χ0) is 25.5. The molecule has 2 fully saturated rings. The minimum Gasteiger partial charge on any atom is -0.407 e. The molecule has 1 saturated carbocycles. The first-order valence-corrected chi connectivity index (χ1v) is 15.1. The molecule has 2 aromatic rings. The van der Waals surface area contributed by atoms with Crippen molar-refractivity contribution >= 4 is 25.8 Å². The molecule has 3 atom stereocenters. The first-order chi connectivity index (χ1) is 16.4. The van der Waals surface area contributed by atoms with Crippen LogP contribution in [0.15, 0.2) is 72.8 Å². The molecule has 2 aliphatic rings. The van der Waals surface area contributed by atoms with Gasteiger partial charge < -0.3 is 13.7 Å². The monoisotopic (exact) mass is 490 g/mol. The van der Waals surface area contributed by atoms with E-state index in [1.54, 1.807) is 0 Å². The summed E-state index contributed by atoms with van der Waals surface area (Å²) in [4.78, 5) is 0. The largest absolute Gasteiger partial charge is 0.461 e. The molecule has 1 saturated heterocycles. The lowest BCUT2D eigenvalue weighted by Crippen LogP contribution is -2.66. The molecule has 0 bridgehead atoms. The van der Waals surface area contributed by atoms with E-state index in [1.165, 1.54) is 10.4 Å². The molecule has 2 aromatic carbocycles. The van der Waals surface area contributed by atoms with Crippen LogP contribution in [-0.4, -0.2) is 33.2 Å². The highest BCUT2D eigenvalue weighted by atomic mass is 28.4. The average molecular weight is 491 g/mol. The molecule has 35 heavy (non-hydrogen) atoms. The van der Waals surface area contributed by atoms with Gasteiger partial charge in [0, 0.05) is 12.4 Å². The van der Waals surface area contributed by atoms with Gasteiger partial charge in [-0.3, -0.25) is 0 Å². The molecule has 1 aliphatic heterocycles. The Morgan fingerprint density at radius 2 is 1.43 bits per heavy atom. The van der Waals surface area contributed by atoms with Gasteiger partial charge in [-0.2, -0.15) is 0 Å². The summed E-state index contributed by atoms with van der Waals surface area (Å²) in [5, 5.41) is 2.66. The van der Waals surface area contributed by atoms with Crippen molar-refractivity contribution in [3.8, 4) is 0 Å². The van der Waals surface area contributed by atoms with Crippen LogP contribution in [0.3, 0.4) is 0 Å². The van der Waals surface area contributed by atoms with Crippen LogP contribution in [-0.2, 0) is 13.7 Å². The van der Waals surface area contributed by atoms with Crippen LogP contribution < -0.4 is 10.4 Å². The van der Waals surface area contributed by atoms with Crippen molar-refractivity contribution in [1.82, 2.24) is 0 Å². The van der Waals surface area contributed by atoms with Gasteiger partial charge in [0.25, 0.3) is 8.32 Å². The van der Waals surface area contributed by atoms with Crippen molar-refractivity contribution in [1.29, 1.82) is 0 Å². The van der Waals surface area contributed by atoms with Crippen LogP contribution in [0.25, 0.3) is 0 Å². The third kappa shape index (κ3) is 5.25. The van der Waals surface area contributed by atoms with E-state index in [9.17, 15) is 0 Å². The van der Waals surface area contributed by atoms with Crippen molar-refractivity contribution in [3.63, 3.8) is 0 Å². The van der Waals surface area contributed by atoms with E-state index >= 15 is 0 Å². The standard InChI is InChI=1S/C30H43BO3Si/c1-23(19-20-24-21-27(24)31-33-29(5,6)30(7,8)34-31)22-32-35(28(2,3)4,25-15-11-9-12-16-25)26-17-13-10-14-18-26/h9-20,23-24,27H,21-22H2,1-8H3/b20-19+/t23-,24+,27+/m1/s1. The van der Waals surface area contributed by atoms with Crippen molar-refractivity contribution < 1.29 is 13.7 Å². The Balaban J connectivity index is 1.46. The van der Waals surface area contributed by atoms with E-state index in [0.717, 1.165) is 6.42 Å². The van der Waals surface area contributed by atoms with Gasteiger partial charge in [0.2, 0.25) is 0 Å². The van der Waals surface area contributed by atoms with Gasteiger partial charge in [-0.15, -0.1) is 0 Å². The fourth-order valence-electron chi connectivity index (χ4n) is 5.24. The summed E-state index contributed by atoms with van der Waals surface area (Å²) >= 11 is 0.